The number of aromatic nitrogens is 1. The molecule has 0 fully saturated rings. The number of hydrogen-bond donors (Lipinski definition) is 1. The Bertz CT molecular complexity index is 1310. The van der Waals surface area contributed by atoms with E-state index < -0.39 is 15.1 Å². The van der Waals surface area contributed by atoms with Crippen molar-refractivity contribution in [2.75, 3.05) is 5.32 Å². The number of nitrogens with zero attached hydrogens (tertiary/aromatic N) is 1. The highest BCUT2D eigenvalue weighted by atomic mass is 32.2. The number of carbonyl (C=O) groups excluding carboxylic acids is 1. The zero-order valence-electron chi connectivity index (χ0n) is 17.2. The molecule has 3 aromatic carbocycles. The first-order valence-corrected chi connectivity index (χ1v) is 12.3. The maximum atomic E-state index is 12.5. The van der Waals surface area contributed by atoms with Gasteiger partial charge in [0.1, 0.15) is 5.01 Å². The molecular formula is C24H22N2O3S2. The van der Waals surface area contributed by atoms with E-state index in [4.69, 9.17) is 0 Å². The highest BCUT2D eigenvalue weighted by Crippen LogP contribution is 2.31. The molecule has 5 nitrogen and oxygen atoms in total. The molecule has 7 heteroatoms. The molecule has 31 heavy (non-hydrogen) atoms. The summed E-state index contributed by atoms with van der Waals surface area (Å²) in [6.07, 6.45) is 0.160. The number of anilines is 1. The first kappa shape index (κ1) is 21.2. The van der Waals surface area contributed by atoms with Crippen molar-refractivity contribution in [3.63, 3.8) is 0 Å². The van der Waals surface area contributed by atoms with Crippen LogP contribution in [-0.4, -0.2) is 24.6 Å². The fourth-order valence-electron chi connectivity index (χ4n) is 3.19. The van der Waals surface area contributed by atoms with Crippen molar-refractivity contribution < 1.29 is 13.2 Å². The second kappa shape index (κ2) is 8.61. The smallest absolute Gasteiger partial charge is 0.228 e. The zero-order chi connectivity index (χ0) is 22.0. The Balaban J connectivity index is 1.46. The summed E-state index contributed by atoms with van der Waals surface area (Å²) in [5.41, 5.74) is 3.35. The lowest BCUT2D eigenvalue weighted by Crippen LogP contribution is -2.15. The van der Waals surface area contributed by atoms with E-state index in [2.05, 4.69) is 10.3 Å². The molecule has 4 rings (SSSR count). The minimum atomic E-state index is -3.32. The molecule has 1 N–H and O–H groups in total. The molecule has 0 atom stereocenters. The van der Waals surface area contributed by atoms with E-state index in [1.165, 1.54) is 0 Å². The van der Waals surface area contributed by atoms with Crippen LogP contribution in [0.4, 0.5) is 5.69 Å². The third kappa shape index (κ3) is 4.68. The lowest BCUT2D eigenvalue weighted by atomic mass is 10.1. The third-order valence-electron chi connectivity index (χ3n) is 4.92. The van der Waals surface area contributed by atoms with Gasteiger partial charge in [-0.25, -0.2) is 13.4 Å². The van der Waals surface area contributed by atoms with Crippen molar-refractivity contribution in [1.82, 2.24) is 4.98 Å². The van der Waals surface area contributed by atoms with Crippen LogP contribution in [0.25, 0.3) is 20.8 Å². The van der Waals surface area contributed by atoms with Crippen LogP contribution in [0.5, 0.6) is 0 Å². The third-order valence-corrected chi connectivity index (χ3v) is 8.18. The maximum absolute atomic E-state index is 12.5. The van der Waals surface area contributed by atoms with E-state index in [1.54, 1.807) is 49.4 Å². The van der Waals surface area contributed by atoms with Crippen LogP contribution in [0.15, 0.2) is 77.7 Å². The Labute approximate surface area is 185 Å². The first-order chi connectivity index (χ1) is 14.8. The van der Waals surface area contributed by atoms with Gasteiger partial charge >= 0.3 is 0 Å². The summed E-state index contributed by atoms with van der Waals surface area (Å²) in [6.45, 7) is 3.30. The summed E-state index contributed by atoms with van der Waals surface area (Å²) in [5, 5.41) is 3.34. The van der Waals surface area contributed by atoms with E-state index >= 15 is 0 Å². The monoisotopic (exact) mass is 450 g/mol. The summed E-state index contributed by atoms with van der Waals surface area (Å²) in [7, 11) is -3.32. The van der Waals surface area contributed by atoms with Gasteiger partial charge in [-0.2, -0.15) is 0 Å². The molecule has 1 heterocycles. The lowest BCUT2D eigenvalue weighted by Gasteiger charge is -2.09. The van der Waals surface area contributed by atoms with Gasteiger partial charge in [-0.15, -0.1) is 11.3 Å². The topological polar surface area (TPSA) is 76.1 Å². The number of carbonyl (C=O) groups is 1. The maximum Gasteiger partial charge on any atom is 0.228 e. The molecule has 158 valence electrons. The molecular weight excluding hydrogens is 428 g/mol. The summed E-state index contributed by atoms with van der Waals surface area (Å²) >= 11 is 1.61. The summed E-state index contributed by atoms with van der Waals surface area (Å²) in [5.74, 6) is -0.166. The highest BCUT2D eigenvalue weighted by molar-refractivity contribution is 7.92. The van der Waals surface area contributed by atoms with Crippen molar-refractivity contribution >= 4 is 43.0 Å². The van der Waals surface area contributed by atoms with Crippen molar-refractivity contribution in [2.45, 2.75) is 30.4 Å². The second-order valence-electron chi connectivity index (χ2n) is 7.53. The van der Waals surface area contributed by atoms with E-state index in [-0.39, 0.29) is 17.2 Å². The van der Waals surface area contributed by atoms with Gasteiger partial charge in [0.05, 0.1) is 26.8 Å². The van der Waals surface area contributed by atoms with E-state index in [0.29, 0.717) is 5.69 Å². The van der Waals surface area contributed by atoms with E-state index in [9.17, 15) is 13.2 Å². The number of nitrogens with one attached hydrogen (secondary N) is 1. The minimum Gasteiger partial charge on any atom is -0.326 e. The zero-order valence-corrected chi connectivity index (χ0v) is 18.8. The Kier molecular flexibility index (Phi) is 5.89. The summed E-state index contributed by atoms with van der Waals surface area (Å²) < 4.78 is 25.6. The quantitative estimate of drug-likeness (QED) is 0.431. The van der Waals surface area contributed by atoms with Gasteiger partial charge in [0.15, 0.2) is 9.84 Å². The number of rotatable bonds is 6. The van der Waals surface area contributed by atoms with Crippen LogP contribution in [0, 0.1) is 0 Å². The van der Waals surface area contributed by atoms with Gasteiger partial charge in [0.2, 0.25) is 5.91 Å². The normalized spacial score (nSPS) is 11.7. The fraction of sp³-hybridized carbons (Fsp3) is 0.167. The van der Waals surface area contributed by atoms with Crippen LogP contribution in [-0.2, 0) is 21.1 Å². The van der Waals surface area contributed by atoms with E-state index in [1.807, 2.05) is 48.5 Å². The van der Waals surface area contributed by atoms with Crippen LogP contribution < -0.4 is 5.32 Å². The average Bonchev–Trinajstić information content (AvgIpc) is 3.18. The van der Waals surface area contributed by atoms with Crippen LogP contribution in [0.1, 0.15) is 19.4 Å². The Hall–Kier alpha value is -3.03. The predicted molar refractivity (Wildman–Crippen MR) is 126 cm³/mol. The van der Waals surface area contributed by atoms with Gasteiger partial charge < -0.3 is 5.32 Å². The SMILES string of the molecule is CC(C)S(=O)(=O)c1ccc(CC(=O)Nc2cccc(-c3nc4ccccc4s3)c2)cc1. The Morgan fingerprint density at radius 3 is 2.45 bits per heavy atom. The molecule has 0 aliphatic rings. The van der Waals surface area contributed by atoms with Crippen molar-refractivity contribution in [1.29, 1.82) is 0 Å². The number of benzene rings is 3. The van der Waals surface area contributed by atoms with Crippen molar-refractivity contribution in [2.24, 2.45) is 0 Å². The molecule has 0 radical (unpaired) electrons. The number of amides is 1. The minimum absolute atomic E-state index is 0.160. The van der Waals surface area contributed by atoms with Crippen molar-refractivity contribution in [3.05, 3.63) is 78.4 Å². The predicted octanol–water partition coefficient (Wildman–Crippen LogP) is 5.33. The van der Waals surface area contributed by atoms with Crippen LogP contribution in [0.3, 0.4) is 0 Å². The number of hydrogen-bond acceptors (Lipinski definition) is 5. The van der Waals surface area contributed by atoms with Gasteiger partial charge in [0, 0.05) is 11.3 Å². The van der Waals surface area contributed by atoms with E-state index in [0.717, 1.165) is 26.4 Å². The molecule has 1 amide bonds. The molecule has 0 aliphatic heterocycles. The molecule has 1 aromatic heterocycles. The number of fused-ring (bicyclic) bond motifs is 1. The van der Waals surface area contributed by atoms with Gasteiger partial charge in [0.25, 0.3) is 0 Å². The molecule has 0 aliphatic carbocycles. The molecule has 0 saturated heterocycles. The standard InChI is InChI=1S/C24H22N2O3S2/c1-16(2)31(28,29)20-12-10-17(11-13-20)14-23(27)25-19-7-5-6-18(15-19)24-26-21-8-3-4-9-22(21)30-24/h3-13,15-16H,14H2,1-2H3,(H,25,27). The van der Waals surface area contributed by atoms with Crippen molar-refractivity contribution in [3.8, 4) is 10.6 Å². The molecule has 0 bridgehead atoms. The molecule has 0 spiro atoms. The number of para-hydroxylation sites is 1. The van der Waals surface area contributed by atoms with Gasteiger partial charge in [-0.1, -0.05) is 36.4 Å². The van der Waals surface area contributed by atoms with Crippen LogP contribution >= 0.6 is 11.3 Å². The highest BCUT2D eigenvalue weighted by Gasteiger charge is 2.19. The lowest BCUT2D eigenvalue weighted by molar-refractivity contribution is -0.115. The van der Waals surface area contributed by atoms with Crippen LogP contribution in [0.2, 0.25) is 0 Å². The molecule has 4 aromatic rings. The fourth-order valence-corrected chi connectivity index (χ4v) is 5.21. The Morgan fingerprint density at radius 2 is 1.74 bits per heavy atom. The number of thiazole rings is 1. The molecule has 0 unspecified atom stereocenters. The number of sulfone groups is 1. The summed E-state index contributed by atoms with van der Waals surface area (Å²) in [4.78, 5) is 17.5. The average molecular weight is 451 g/mol. The largest absolute Gasteiger partial charge is 0.326 e. The summed E-state index contributed by atoms with van der Waals surface area (Å²) in [6, 6.07) is 22.1. The first-order valence-electron chi connectivity index (χ1n) is 9.91. The van der Waals surface area contributed by atoms with Gasteiger partial charge in [-0.3, -0.25) is 4.79 Å². The Morgan fingerprint density at radius 1 is 1.00 bits per heavy atom. The molecule has 0 saturated carbocycles. The van der Waals surface area contributed by atoms with Gasteiger partial charge in [-0.05, 0) is 55.8 Å². The second-order valence-corrected chi connectivity index (χ2v) is 11.1.